The van der Waals surface area contributed by atoms with Crippen molar-refractivity contribution in [3.63, 3.8) is 0 Å². The number of thiophene rings is 1. The van der Waals surface area contributed by atoms with Gasteiger partial charge in [-0.1, -0.05) is 13.3 Å². The quantitative estimate of drug-likeness (QED) is 0.784. The van der Waals surface area contributed by atoms with Gasteiger partial charge in [-0.3, -0.25) is 9.69 Å². The molecule has 0 unspecified atom stereocenters. The molecule has 1 aliphatic heterocycles. The average molecular weight is 296 g/mol. The lowest BCUT2D eigenvalue weighted by molar-refractivity contribution is -0.122. The monoisotopic (exact) mass is 296 g/mol. The zero-order valence-electron chi connectivity index (χ0n) is 11.6. The number of carboxylic acids is 1. The van der Waals surface area contributed by atoms with E-state index in [-0.39, 0.29) is 5.91 Å². The van der Waals surface area contributed by atoms with Crippen LogP contribution in [0, 0.1) is 0 Å². The maximum atomic E-state index is 11.8. The third-order valence-corrected chi connectivity index (χ3v) is 4.60. The molecule has 0 bridgehead atoms. The highest BCUT2D eigenvalue weighted by Crippen LogP contribution is 2.27. The highest BCUT2D eigenvalue weighted by Gasteiger charge is 2.22. The Kier molecular flexibility index (Phi) is 5.14. The minimum atomic E-state index is -0.867. The number of unbranched alkanes of at least 4 members (excludes halogenated alkanes) is 1. The molecule has 0 atom stereocenters. The molecule has 20 heavy (non-hydrogen) atoms. The summed E-state index contributed by atoms with van der Waals surface area (Å²) in [4.78, 5) is 26.3. The summed E-state index contributed by atoms with van der Waals surface area (Å²) in [6.45, 7) is 4.69. The highest BCUT2D eigenvalue weighted by molar-refractivity contribution is 7.14. The lowest BCUT2D eigenvalue weighted by atomic mass is 10.1. The number of carbonyl (C=O) groups excluding carboxylic acids is 1. The SMILES string of the molecule is CCCCNC(=O)CN1CCc2sc(C(=O)O)cc2C1. The van der Waals surface area contributed by atoms with Crippen LogP contribution >= 0.6 is 11.3 Å². The van der Waals surface area contributed by atoms with E-state index in [1.54, 1.807) is 6.07 Å². The van der Waals surface area contributed by atoms with Crippen molar-refractivity contribution in [2.24, 2.45) is 0 Å². The number of carbonyl (C=O) groups is 2. The summed E-state index contributed by atoms with van der Waals surface area (Å²) < 4.78 is 0. The maximum absolute atomic E-state index is 11.8. The molecule has 1 aliphatic rings. The zero-order valence-corrected chi connectivity index (χ0v) is 12.5. The molecule has 1 aromatic rings. The van der Waals surface area contributed by atoms with Crippen molar-refractivity contribution in [1.82, 2.24) is 10.2 Å². The number of fused-ring (bicyclic) bond motifs is 1. The van der Waals surface area contributed by atoms with E-state index < -0.39 is 5.97 Å². The summed E-state index contributed by atoms with van der Waals surface area (Å²) in [5, 5.41) is 11.9. The van der Waals surface area contributed by atoms with Gasteiger partial charge in [-0.2, -0.15) is 0 Å². The molecule has 1 aromatic heterocycles. The Morgan fingerprint density at radius 2 is 2.30 bits per heavy atom. The van der Waals surface area contributed by atoms with E-state index >= 15 is 0 Å². The van der Waals surface area contributed by atoms with Crippen LogP contribution in [0.25, 0.3) is 0 Å². The predicted octanol–water partition coefficient (Wildman–Crippen LogP) is 1.72. The topological polar surface area (TPSA) is 69.6 Å². The first-order valence-corrected chi connectivity index (χ1v) is 7.75. The first kappa shape index (κ1) is 15.0. The van der Waals surface area contributed by atoms with Crippen LogP contribution in [0.4, 0.5) is 0 Å². The summed E-state index contributed by atoms with van der Waals surface area (Å²) in [5.41, 5.74) is 1.06. The number of nitrogens with zero attached hydrogens (tertiary/aromatic N) is 1. The number of rotatable bonds is 6. The molecule has 0 aliphatic carbocycles. The van der Waals surface area contributed by atoms with Gasteiger partial charge in [0, 0.05) is 24.5 Å². The lowest BCUT2D eigenvalue weighted by Gasteiger charge is -2.25. The normalized spacial score (nSPS) is 14.8. The van der Waals surface area contributed by atoms with Gasteiger partial charge < -0.3 is 10.4 Å². The molecule has 0 aromatic carbocycles. The molecular formula is C14H20N2O3S. The molecule has 0 saturated carbocycles. The van der Waals surface area contributed by atoms with Crippen LogP contribution in [0.5, 0.6) is 0 Å². The first-order valence-electron chi connectivity index (χ1n) is 6.94. The van der Waals surface area contributed by atoms with Gasteiger partial charge in [0.15, 0.2) is 0 Å². The Morgan fingerprint density at radius 3 is 3.00 bits per heavy atom. The van der Waals surface area contributed by atoms with Gasteiger partial charge >= 0.3 is 5.97 Å². The van der Waals surface area contributed by atoms with Gasteiger partial charge in [0.05, 0.1) is 6.54 Å². The van der Waals surface area contributed by atoms with Crippen LogP contribution < -0.4 is 5.32 Å². The van der Waals surface area contributed by atoms with Gasteiger partial charge in [-0.25, -0.2) is 4.79 Å². The van der Waals surface area contributed by atoms with Crippen LogP contribution in [0.3, 0.4) is 0 Å². The number of carboxylic acid groups (broad SMARTS) is 1. The summed E-state index contributed by atoms with van der Waals surface area (Å²) in [6, 6.07) is 1.74. The van der Waals surface area contributed by atoms with Crippen molar-refractivity contribution < 1.29 is 14.7 Å². The molecule has 110 valence electrons. The molecule has 1 amide bonds. The Morgan fingerprint density at radius 1 is 1.50 bits per heavy atom. The minimum absolute atomic E-state index is 0.0515. The summed E-state index contributed by atoms with van der Waals surface area (Å²) >= 11 is 1.35. The average Bonchev–Trinajstić information content (AvgIpc) is 2.82. The third kappa shape index (κ3) is 3.80. The second-order valence-corrected chi connectivity index (χ2v) is 6.17. The van der Waals surface area contributed by atoms with Crippen molar-refractivity contribution in [3.8, 4) is 0 Å². The third-order valence-electron chi connectivity index (χ3n) is 3.38. The van der Waals surface area contributed by atoms with Gasteiger partial charge in [0.1, 0.15) is 4.88 Å². The summed E-state index contributed by atoms with van der Waals surface area (Å²) in [5.74, 6) is -0.816. The summed E-state index contributed by atoms with van der Waals surface area (Å²) in [7, 11) is 0. The molecular weight excluding hydrogens is 276 g/mol. The van der Waals surface area contributed by atoms with Gasteiger partial charge in [-0.05, 0) is 24.5 Å². The second kappa shape index (κ2) is 6.85. The number of aromatic carboxylic acids is 1. The van der Waals surface area contributed by atoms with E-state index in [4.69, 9.17) is 5.11 Å². The molecule has 2 heterocycles. The van der Waals surface area contributed by atoms with Crippen molar-refractivity contribution in [2.45, 2.75) is 32.7 Å². The van der Waals surface area contributed by atoms with Crippen molar-refractivity contribution in [1.29, 1.82) is 0 Å². The Labute approximate surface area is 122 Å². The Hall–Kier alpha value is -1.40. The van der Waals surface area contributed by atoms with E-state index in [9.17, 15) is 9.59 Å². The Balaban J connectivity index is 1.87. The first-order chi connectivity index (χ1) is 9.60. The predicted molar refractivity (Wildman–Crippen MR) is 78.2 cm³/mol. The summed E-state index contributed by atoms with van der Waals surface area (Å²) in [6.07, 6.45) is 2.90. The van der Waals surface area contributed by atoms with E-state index in [1.165, 1.54) is 11.3 Å². The van der Waals surface area contributed by atoms with Crippen LogP contribution in [0.1, 0.15) is 39.9 Å². The lowest BCUT2D eigenvalue weighted by Crippen LogP contribution is -2.39. The fourth-order valence-electron chi connectivity index (χ4n) is 2.30. The molecule has 2 rings (SSSR count). The second-order valence-electron chi connectivity index (χ2n) is 5.03. The molecule has 0 fully saturated rings. The number of hydrogen-bond donors (Lipinski definition) is 2. The molecule has 2 N–H and O–H groups in total. The number of hydrogen-bond acceptors (Lipinski definition) is 4. The molecule has 0 saturated heterocycles. The Bertz CT molecular complexity index is 499. The standard InChI is InChI=1S/C14H20N2O3S/c1-2-3-5-15-13(17)9-16-6-4-11-10(8-16)7-12(20-11)14(18)19/h7H,2-6,8-9H2,1H3,(H,15,17)(H,18,19). The largest absolute Gasteiger partial charge is 0.477 e. The molecule has 0 spiro atoms. The van der Waals surface area contributed by atoms with Crippen molar-refractivity contribution in [3.05, 3.63) is 21.4 Å². The van der Waals surface area contributed by atoms with E-state index in [2.05, 4.69) is 17.1 Å². The van der Waals surface area contributed by atoms with Gasteiger partial charge in [0.25, 0.3) is 0 Å². The fourth-order valence-corrected chi connectivity index (χ4v) is 3.30. The highest BCUT2D eigenvalue weighted by atomic mass is 32.1. The van der Waals surface area contributed by atoms with Crippen LogP contribution in [-0.2, 0) is 17.8 Å². The maximum Gasteiger partial charge on any atom is 0.345 e. The van der Waals surface area contributed by atoms with Gasteiger partial charge in [0.2, 0.25) is 5.91 Å². The van der Waals surface area contributed by atoms with E-state index in [1.807, 2.05) is 0 Å². The fraction of sp³-hybridized carbons (Fsp3) is 0.571. The van der Waals surface area contributed by atoms with E-state index in [0.717, 1.165) is 42.8 Å². The van der Waals surface area contributed by atoms with E-state index in [0.29, 0.717) is 18.0 Å². The van der Waals surface area contributed by atoms with Crippen LogP contribution in [0.15, 0.2) is 6.07 Å². The van der Waals surface area contributed by atoms with Crippen LogP contribution in [-0.4, -0.2) is 41.5 Å². The molecule has 0 radical (unpaired) electrons. The minimum Gasteiger partial charge on any atom is -0.477 e. The molecule has 6 heteroatoms. The van der Waals surface area contributed by atoms with Gasteiger partial charge in [-0.15, -0.1) is 11.3 Å². The number of amides is 1. The van der Waals surface area contributed by atoms with Crippen molar-refractivity contribution >= 4 is 23.2 Å². The smallest absolute Gasteiger partial charge is 0.345 e. The zero-order chi connectivity index (χ0) is 14.5. The number of nitrogens with one attached hydrogen (secondary N) is 1. The molecule has 5 nitrogen and oxygen atoms in total. The van der Waals surface area contributed by atoms with Crippen LogP contribution in [0.2, 0.25) is 0 Å². The van der Waals surface area contributed by atoms with Crippen molar-refractivity contribution in [2.75, 3.05) is 19.6 Å².